The van der Waals surface area contributed by atoms with Crippen LogP contribution in [0.3, 0.4) is 0 Å². The molecule has 0 fully saturated rings. The third kappa shape index (κ3) is 4.60. The van der Waals surface area contributed by atoms with Crippen LogP contribution in [0.15, 0.2) is 42.5 Å². The largest absolute Gasteiger partial charge is 0.494 e. The van der Waals surface area contributed by atoms with Crippen LogP contribution in [0, 0.1) is 13.8 Å². The van der Waals surface area contributed by atoms with Crippen molar-refractivity contribution in [3.63, 3.8) is 0 Å². The molecule has 0 aliphatic rings. The van der Waals surface area contributed by atoms with Crippen LogP contribution in [0.1, 0.15) is 59.8 Å². The Morgan fingerprint density at radius 3 is 2.38 bits per heavy atom. The number of hydrogen-bond donors (Lipinski definition) is 1. The maximum Gasteiger partial charge on any atom is 0.251 e. The summed E-state index contributed by atoms with van der Waals surface area (Å²) in [6.45, 7) is 9.03. The van der Waals surface area contributed by atoms with Crippen LogP contribution in [0.2, 0.25) is 0 Å². The quantitative estimate of drug-likeness (QED) is 0.780. The summed E-state index contributed by atoms with van der Waals surface area (Å²) in [6.07, 6.45) is 1.82. The maximum atomic E-state index is 12.5. The van der Waals surface area contributed by atoms with Gasteiger partial charge in [-0.25, -0.2) is 0 Å². The molecule has 0 radical (unpaired) electrons. The average Bonchev–Trinajstić information content (AvgIpc) is 2.58. The second-order valence-corrected chi connectivity index (χ2v) is 6.17. The van der Waals surface area contributed by atoms with Gasteiger partial charge < -0.3 is 10.1 Å². The molecule has 0 heterocycles. The first-order valence-corrected chi connectivity index (χ1v) is 8.66. The van der Waals surface area contributed by atoms with Gasteiger partial charge in [-0.3, -0.25) is 4.79 Å². The average molecular weight is 325 g/mol. The fourth-order valence-electron chi connectivity index (χ4n) is 2.78. The molecular weight excluding hydrogens is 298 g/mol. The van der Waals surface area contributed by atoms with Gasteiger partial charge in [0.2, 0.25) is 0 Å². The predicted molar refractivity (Wildman–Crippen MR) is 98.6 cm³/mol. The Hall–Kier alpha value is -2.29. The van der Waals surface area contributed by atoms with E-state index in [9.17, 15) is 4.79 Å². The topological polar surface area (TPSA) is 38.3 Å². The highest BCUT2D eigenvalue weighted by Gasteiger charge is 2.16. The second kappa shape index (κ2) is 8.53. The Balaban J connectivity index is 2.08. The summed E-state index contributed by atoms with van der Waals surface area (Å²) in [5.74, 6) is 0.749. The minimum atomic E-state index is -0.0520. The number of rotatable bonds is 7. The van der Waals surface area contributed by atoms with E-state index < -0.39 is 0 Å². The lowest BCUT2D eigenvalue weighted by Crippen LogP contribution is -2.28. The van der Waals surface area contributed by atoms with Crippen molar-refractivity contribution >= 4 is 5.91 Å². The van der Waals surface area contributed by atoms with Crippen molar-refractivity contribution in [1.29, 1.82) is 0 Å². The zero-order valence-corrected chi connectivity index (χ0v) is 15.1. The number of amides is 1. The molecule has 1 atom stereocenters. The van der Waals surface area contributed by atoms with E-state index in [4.69, 9.17) is 4.74 Å². The summed E-state index contributed by atoms with van der Waals surface area (Å²) < 4.78 is 5.56. The Morgan fingerprint density at radius 2 is 1.79 bits per heavy atom. The van der Waals surface area contributed by atoms with Gasteiger partial charge >= 0.3 is 0 Å². The molecule has 0 unspecified atom stereocenters. The molecule has 1 amide bonds. The highest BCUT2D eigenvalue weighted by Crippen LogP contribution is 2.22. The van der Waals surface area contributed by atoms with Crippen LogP contribution in [-0.4, -0.2) is 12.5 Å². The van der Waals surface area contributed by atoms with Crippen LogP contribution in [0.5, 0.6) is 5.75 Å². The smallest absolute Gasteiger partial charge is 0.251 e. The Bertz CT molecular complexity index is 677. The van der Waals surface area contributed by atoms with Gasteiger partial charge in [-0.1, -0.05) is 37.6 Å². The van der Waals surface area contributed by atoms with Crippen molar-refractivity contribution in [2.75, 3.05) is 6.61 Å². The molecule has 1 N–H and O–H groups in total. The van der Waals surface area contributed by atoms with Crippen LogP contribution in [0.4, 0.5) is 0 Å². The van der Waals surface area contributed by atoms with Gasteiger partial charge in [0.1, 0.15) is 5.75 Å². The number of hydrogen-bond acceptors (Lipinski definition) is 2. The van der Waals surface area contributed by atoms with Gasteiger partial charge in [0.15, 0.2) is 0 Å². The van der Waals surface area contributed by atoms with Crippen LogP contribution >= 0.6 is 0 Å². The summed E-state index contributed by atoms with van der Waals surface area (Å²) in [6, 6.07) is 13.7. The number of carbonyl (C=O) groups is 1. The lowest BCUT2D eigenvalue weighted by molar-refractivity contribution is 0.0935. The van der Waals surface area contributed by atoms with Gasteiger partial charge in [-0.15, -0.1) is 0 Å². The van der Waals surface area contributed by atoms with Gasteiger partial charge in [-0.05, 0) is 62.1 Å². The molecule has 2 aromatic carbocycles. The number of nitrogens with one attached hydrogen (secondary N) is 1. The number of carbonyl (C=O) groups excluding carboxylic acids is 1. The highest BCUT2D eigenvalue weighted by atomic mass is 16.5. The number of aryl methyl sites for hydroxylation is 2. The van der Waals surface area contributed by atoms with Gasteiger partial charge in [0.05, 0.1) is 12.6 Å². The van der Waals surface area contributed by atoms with E-state index in [1.54, 1.807) is 0 Å². The van der Waals surface area contributed by atoms with Crippen molar-refractivity contribution in [2.45, 2.75) is 46.6 Å². The van der Waals surface area contributed by atoms with Crippen molar-refractivity contribution in [2.24, 2.45) is 0 Å². The zero-order chi connectivity index (χ0) is 17.5. The molecule has 3 nitrogen and oxygen atoms in total. The van der Waals surface area contributed by atoms with Crippen molar-refractivity contribution in [3.05, 3.63) is 64.7 Å². The van der Waals surface area contributed by atoms with Gasteiger partial charge in [-0.2, -0.15) is 0 Å². The molecule has 0 spiro atoms. The third-order valence-corrected chi connectivity index (χ3v) is 4.10. The molecule has 0 aliphatic carbocycles. The van der Waals surface area contributed by atoms with Crippen molar-refractivity contribution in [3.8, 4) is 5.75 Å². The number of benzene rings is 2. The van der Waals surface area contributed by atoms with Gasteiger partial charge in [0, 0.05) is 5.56 Å². The zero-order valence-electron chi connectivity index (χ0n) is 15.1. The monoisotopic (exact) mass is 325 g/mol. The Labute approximate surface area is 145 Å². The normalized spacial score (nSPS) is 11.8. The number of ether oxygens (including phenoxy) is 1. The molecule has 3 heteroatoms. The first-order chi connectivity index (χ1) is 11.5. The lowest BCUT2D eigenvalue weighted by Gasteiger charge is -2.20. The summed E-state index contributed by atoms with van der Waals surface area (Å²) in [4.78, 5) is 12.5. The van der Waals surface area contributed by atoms with E-state index in [2.05, 4.69) is 51.2 Å². The van der Waals surface area contributed by atoms with Crippen LogP contribution in [0.25, 0.3) is 0 Å². The van der Waals surface area contributed by atoms with E-state index in [-0.39, 0.29) is 11.9 Å². The first-order valence-electron chi connectivity index (χ1n) is 8.66. The van der Waals surface area contributed by atoms with E-state index in [1.165, 1.54) is 16.7 Å². The molecule has 0 aliphatic heterocycles. The summed E-state index contributed by atoms with van der Waals surface area (Å²) in [5.41, 5.74) is 4.28. The van der Waals surface area contributed by atoms with Crippen LogP contribution < -0.4 is 10.1 Å². The molecule has 24 heavy (non-hydrogen) atoms. The van der Waals surface area contributed by atoms with Crippen LogP contribution in [-0.2, 0) is 0 Å². The molecule has 0 bridgehead atoms. The molecule has 0 saturated carbocycles. The summed E-state index contributed by atoms with van der Waals surface area (Å²) in [7, 11) is 0. The summed E-state index contributed by atoms with van der Waals surface area (Å²) in [5, 5.41) is 3.14. The minimum Gasteiger partial charge on any atom is -0.494 e. The fraction of sp³-hybridized carbons (Fsp3) is 0.381. The van der Waals surface area contributed by atoms with E-state index in [0.29, 0.717) is 12.2 Å². The Kier molecular flexibility index (Phi) is 6.42. The van der Waals surface area contributed by atoms with Crippen molar-refractivity contribution in [1.82, 2.24) is 5.32 Å². The molecular formula is C21H27NO2. The highest BCUT2D eigenvalue weighted by molar-refractivity contribution is 5.94. The second-order valence-electron chi connectivity index (χ2n) is 6.17. The Morgan fingerprint density at radius 1 is 1.08 bits per heavy atom. The lowest BCUT2D eigenvalue weighted by atomic mass is 9.97. The van der Waals surface area contributed by atoms with Gasteiger partial charge in [0.25, 0.3) is 5.91 Å². The van der Waals surface area contributed by atoms with E-state index in [1.807, 2.05) is 24.3 Å². The third-order valence-electron chi connectivity index (χ3n) is 4.10. The molecule has 0 aromatic heterocycles. The van der Waals surface area contributed by atoms with Crippen molar-refractivity contribution < 1.29 is 9.53 Å². The van der Waals surface area contributed by atoms with E-state index in [0.717, 1.165) is 18.6 Å². The minimum absolute atomic E-state index is 0.0223. The summed E-state index contributed by atoms with van der Waals surface area (Å²) >= 11 is 0. The standard InChI is InChI=1S/C21H27NO2/c1-5-13-24-18-10-8-17(9-11-18)21(23)22-20(6-2)19-12-7-15(3)14-16(19)4/h7-12,14,20H,5-6,13H2,1-4H3,(H,22,23)/t20-/m1/s1. The molecule has 2 rings (SSSR count). The predicted octanol–water partition coefficient (Wildman–Crippen LogP) is 4.97. The molecule has 0 saturated heterocycles. The first kappa shape index (κ1) is 18.1. The van der Waals surface area contributed by atoms with E-state index >= 15 is 0 Å². The molecule has 128 valence electrons. The SMILES string of the molecule is CCCOc1ccc(C(=O)N[C@H](CC)c2ccc(C)cc2C)cc1. The molecule has 2 aromatic rings. The fourth-order valence-corrected chi connectivity index (χ4v) is 2.78. The maximum absolute atomic E-state index is 12.5.